The Balaban J connectivity index is 2.37. The molecule has 1 aromatic carbocycles. The van der Waals surface area contributed by atoms with Crippen molar-refractivity contribution in [1.82, 2.24) is 0 Å². The molecule has 6 heteroatoms. The lowest BCUT2D eigenvalue weighted by molar-refractivity contribution is -0.144. The molecule has 0 fully saturated rings. The average molecular weight is 334 g/mol. The maximum atomic E-state index is 11.0. The Morgan fingerprint density at radius 2 is 1.21 bits per heavy atom. The first-order valence-corrected chi connectivity index (χ1v) is 7.46. The second-order valence-electron chi connectivity index (χ2n) is 5.00. The van der Waals surface area contributed by atoms with E-state index in [-0.39, 0.29) is 25.4 Å². The lowest BCUT2D eigenvalue weighted by atomic mass is 10.3. The van der Waals surface area contributed by atoms with Crippen LogP contribution in [0, 0.1) is 0 Å². The summed E-state index contributed by atoms with van der Waals surface area (Å²) in [4.78, 5) is 22.1. The van der Waals surface area contributed by atoms with Crippen molar-refractivity contribution >= 4 is 11.9 Å². The van der Waals surface area contributed by atoms with Crippen LogP contribution < -0.4 is 9.47 Å². The zero-order valence-corrected chi connectivity index (χ0v) is 13.9. The molecule has 0 radical (unpaired) electrons. The lowest BCUT2D eigenvalue weighted by Gasteiger charge is -2.15. The van der Waals surface area contributed by atoms with Crippen molar-refractivity contribution < 1.29 is 28.5 Å². The van der Waals surface area contributed by atoms with Gasteiger partial charge >= 0.3 is 11.9 Å². The molecule has 0 saturated heterocycles. The quantitative estimate of drug-likeness (QED) is 0.484. The van der Waals surface area contributed by atoms with Crippen LogP contribution in [0.5, 0.6) is 11.5 Å². The molecule has 2 unspecified atom stereocenters. The van der Waals surface area contributed by atoms with Crippen molar-refractivity contribution in [3.05, 3.63) is 49.6 Å². The van der Waals surface area contributed by atoms with Gasteiger partial charge in [0.15, 0.2) is 0 Å². The SMILES string of the molecule is C=CC(=O)OC(C)COc1ccc(OCC(C)OC(=O)C=C)cc1. The molecule has 0 aliphatic carbocycles. The van der Waals surface area contributed by atoms with Gasteiger partial charge in [-0.2, -0.15) is 0 Å². The van der Waals surface area contributed by atoms with E-state index in [1.807, 2.05) is 0 Å². The first-order valence-electron chi connectivity index (χ1n) is 7.46. The summed E-state index contributed by atoms with van der Waals surface area (Å²) in [5.41, 5.74) is 0. The highest BCUT2D eigenvalue weighted by atomic mass is 16.6. The highest BCUT2D eigenvalue weighted by molar-refractivity contribution is 5.81. The predicted octanol–water partition coefficient (Wildman–Crippen LogP) is 2.68. The van der Waals surface area contributed by atoms with Crippen LogP contribution in [0.25, 0.3) is 0 Å². The van der Waals surface area contributed by atoms with Crippen molar-refractivity contribution in [3.8, 4) is 11.5 Å². The Kier molecular flexibility index (Phi) is 8.11. The third-order valence-electron chi connectivity index (χ3n) is 2.76. The topological polar surface area (TPSA) is 71.1 Å². The number of carbonyl (C=O) groups is 2. The van der Waals surface area contributed by atoms with E-state index in [0.717, 1.165) is 12.2 Å². The molecule has 0 aromatic heterocycles. The van der Waals surface area contributed by atoms with E-state index in [0.29, 0.717) is 11.5 Å². The maximum Gasteiger partial charge on any atom is 0.330 e. The summed E-state index contributed by atoms with van der Waals surface area (Å²) in [6, 6.07) is 6.94. The van der Waals surface area contributed by atoms with Crippen molar-refractivity contribution in [3.63, 3.8) is 0 Å². The summed E-state index contributed by atoms with van der Waals surface area (Å²) in [7, 11) is 0. The Morgan fingerprint density at radius 3 is 1.50 bits per heavy atom. The van der Waals surface area contributed by atoms with E-state index in [1.165, 1.54) is 0 Å². The minimum Gasteiger partial charge on any atom is -0.490 e. The first kappa shape index (κ1) is 19.3. The van der Waals surface area contributed by atoms with E-state index < -0.39 is 11.9 Å². The predicted molar refractivity (Wildman–Crippen MR) is 88.9 cm³/mol. The number of ether oxygens (including phenoxy) is 4. The molecule has 1 rings (SSSR count). The number of hydrogen-bond acceptors (Lipinski definition) is 6. The normalized spacial score (nSPS) is 12.4. The van der Waals surface area contributed by atoms with Crippen LogP contribution in [0.4, 0.5) is 0 Å². The Labute approximate surface area is 141 Å². The fourth-order valence-corrected chi connectivity index (χ4v) is 1.62. The monoisotopic (exact) mass is 334 g/mol. The van der Waals surface area contributed by atoms with Gasteiger partial charge in [0.2, 0.25) is 0 Å². The minimum atomic E-state index is -0.485. The second-order valence-corrected chi connectivity index (χ2v) is 5.00. The lowest BCUT2D eigenvalue weighted by Crippen LogP contribution is -2.21. The summed E-state index contributed by atoms with van der Waals surface area (Å²) in [6.07, 6.45) is 1.45. The van der Waals surface area contributed by atoms with E-state index in [9.17, 15) is 9.59 Å². The molecule has 0 aliphatic heterocycles. The molecule has 2 atom stereocenters. The number of rotatable bonds is 10. The van der Waals surface area contributed by atoms with Crippen LogP contribution in [0.3, 0.4) is 0 Å². The molecule has 0 N–H and O–H groups in total. The molecule has 0 bridgehead atoms. The van der Waals surface area contributed by atoms with E-state index in [2.05, 4.69) is 13.2 Å². The standard InChI is InChI=1S/C18H22O6/c1-5-17(19)23-13(3)11-21-15-7-9-16(10-8-15)22-12-14(4)24-18(20)6-2/h5-10,13-14H,1-2,11-12H2,3-4H3. The first-order chi connectivity index (χ1) is 11.4. The summed E-state index contributed by atoms with van der Waals surface area (Å²) in [6.45, 7) is 10.6. The highest BCUT2D eigenvalue weighted by Gasteiger charge is 2.09. The summed E-state index contributed by atoms with van der Waals surface area (Å²) >= 11 is 0. The third kappa shape index (κ3) is 7.49. The van der Waals surface area contributed by atoms with Gasteiger partial charge in [-0.25, -0.2) is 9.59 Å². The van der Waals surface area contributed by atoms with Gasteiger partial charge in [0, 0.05) is 12.2 Å². The Bertz CT molecular complexity index is 512. The van der Waals surface area contributed by atoms with Crippen LogP contribution >= 0.6 is 0 Å². The van der Waals surface area contributed by atoms with E-state index in [4.69, 9.17) is 18.9 Å². The van der Waals surface area contributed by atoms with Crippen molar-refractivity contribution in [2.45, 2.75) is 26.1 Å². The molecule has 24 heavy (non-hydrogen) atoms. The van der Waals surface area contributed by atoms with Crippen molar-refractivity contribution in [2.75, 3.05) is 13.2 Å². The van der Waals surface area contributed by atoms with Crippen LogP contribution in [-0.4, -0.2) is 37.4 Å². The average Bonchev–Trinajstić information content (AvgIpc) is 2.58. The fourth-order valence-electron chi connectivity index (χ4n) is 1.62. The van der Waals surface area contributed by atoms with Gasteiger partial charge in [0.05, 0.1) is 0 Å². The number of carbonyl (C=O) groups excluding carboxylic acids is 2. The molecule has 0 amide bonds. The molecular weight excluding hydrogens is 312 g/mol. The number of esters is 2. The Hall–Kier alpha value is -2.76. The van der Waals surface area contributed by atoms with Crippen LogP contribution in [0.15, 0.2) is 49.6 Å². The zero-order valence-electron chi connectivity index (χ0n) is 13.9. The molecule has 0 heterocycles. The molecule has 0 saturated carbocycles. The fraction of sp³-hybridized carbons (Fsp3) is 0.333. The van der Waals surface area contributed by atoms with E-state index in [1.54, 1.807) is 38.1 Å². The molecule has 0 aliphatic rings. The largest absolute Gasteiger partial charge is 0.490 e. The summed E-state index contributed by atoms with van der Waals surface area (Å²) in [5.74, 6) is 0.271. The summed E-state index contributed by atoms with van der Waals surface area (Å²) < 4.78 is 21.0. The van der Waals surface area contributed by atoms with E-state index >= 15 is 0 Å². The molecule has 0 spiro atoms. The highest BCUT2D eigenvalue weighted by Crippen LogP contribution is 2.18. The second kappa shape index (κ2) is 10.1. The van der Waals surface area contributed by atoms with Crippen molar-refractivity contribution in [2.24, 2.45) is 0 Å². The van der Waals surface area contributed by atoms with Crippen LogP contribution in [0.1, 0.15) is 13.8 Å². The van der Waals surface area contributed by atoms with Gasteiger partial charge in [-0.05, 0) is 38.1 Å². The van der Waals surface area contributed by atoms with Gasteiger partial charge in [-0.3, -0.25) is 0 Å². The zero-order chi connectivity index (χ0) is 17.9. The van der Waals surface area contributed by atoms with Crippen LogP contribution in [0.2, 0.25) is 0 Å². The molecule has 130 valence electrons. The van der Waals surface area contributed by atoms with Crippen molar-refractivity contribution in [1.29, 1.82) is 0 Å². The molecule has 6 nitrogen and oxygen atoms in total. The smallest absolute Gasteiger partial charge is 0.330 e. The van der Waals surface area contributed by atoms with Gasteiger partial charge in [-0.1, -0.05) is 13.2 Å². The third-order valence-corrected chi connectivity index (χ3v) is 2.76. The van der Waals surface area contributed by atoms with Gasteiger partial charge < -0.3 is 18.9 Å². The van der Waals surface area contributed by atoms with Gasteiger partial charge in [0.1, 0.15) is 36.9 Å². The number of benzene rings is 1. The number of hydrogen-bond donors (Lipinski definition) is 0. The maximum absolute atomic E-state index is 11.0. The molecular formula is C18H22O6. The summed E-state index contributed by atoms with van der Waals surface area (Å²) in [5, 5.41) is 0. The van der Waals surface area contributed by atoms with Gasteiger partial charge in [0.25, 0.3) is 0 Å². The van der Waals surface area contributed by atoms with Crippen LogP contribution in [-0.2, 0) is 19.1 Å². The van der Waals surface area contributed by atoms with Gasteiger partial charge in [-0.15, -0.1) is 0 Å². The Morgan fingerprint density at radius 1 is 0.875 bits per heavy atom. The minimum absolute atomic E-state index is 0.230. The molecule has 1 aromatic rings.